The number of alkyl halides is 1. The van der Waals surface area contributed by atoms with Crippen LogP contribution < -0.4 is 0 Å². The molecular weight excluding hydrogens is 343 g/mol. The molecule has 1 N–H and O–H groups in total. The Morgan fingerprint density at radius 1 is 0.962 bits per heavy atom. The zero-order chi connectivity index (χ0) is 18.5. The van der Waals surface area contributed by atoms with Crippen LogP contribution in [0.1, 0.15) is 20.7 Å². The maximum atomic E-state index is 14.2. The fourth-order valence-electron chi connectivity index (χ4n) is 2.56. The number of benzene rings is 2. The highest BCUT2D eigenvalue weighted by Gasteiger charge is 2.47. The van der Waals surface area contributed by atoms with Crippen molar-refractivity contribution in [2.75, 3.05) is 6.61 Å². The van der Waals surface area contributed by atoms with E-state index in [1.807, 2.05) is 0 Å². The van der Waals surface area contributed by atoms with E-state index in [1.54, 1.807) is 48.5 Å². The number of aliphatic hydroxyl groups excluding tert-OH is 1. The molecule has 0 aromatic heterocycles. The number of carbonyl (C=O) groups is 2. The lowest BCUT2D eigenvalue weighted by atomic mass is 10.1. The molecule has 6 nitrogen and oxygen atoms in total. The molecule has 2 aromatic rings. The normalized spacial score (nSPS) is 24.8. The van der Waals surface area contributed by atoms with Crippen LogP contribution in [-0.4, -0.2) is 48.3 Å². The quantitative estimate of drug-likeness (QED) is 0.823. The number of halogens is 1. The SMILES string of the molecule is O=C(OC[C@@H]1O[C@H](O)[C@@H](F)[C@H]1OC(=O)c1ccccc1)c1ccccc1. The minimum Gasteiger partial charge on any atom is -0.459 e. The summed E-state index contributed by atoms with van der Waals surface area (Å²) < 4.78 is 29.4. The van der Waals surface area contributed by atoms with Gasteiger partial charge in [0.2, 0.25) is 0 Å². The van der Waals surface area contributed by atoms with Crippen molar-refractivity contribution in [2.45, 2.75) is 24.7 Å². The van der Waals surface area contributed by atoms with Gasteiger partial charge in [-0.05, 0) is 24.3 Å². The standard InChI is InChI=1S/C19H17FO6/c20-15-16(26-18(22)13-9-5-2-6-10-13)14(25-19(15)23)11-24-17(21)12-7-3-1-4-8-12/h1-10,14-16,19,23H,11H2/t14-,15-,16-,19-/m0/s1. The summed E-state index contributed by atoms with van der Waals surface area (Å²) in [5.74, 6) is -1.38. The molecule has 1 heterocycles. The Labute approximate surface area is 149 Å². The molecule has 0 bridgehead atoms. The molecule has 1 fully saturated rings. The summed E-state index contributed by atoms with van der Waals surface area (Å²) in [5, 5.41) is 9.58. The van der Waals surface area contributed by atoms with Crippen molar-refractivity contribution in [3.05, 3.63) is 71.8 Å². The molecule has 1 saturated heterocycles. The van der Waals surface area contributed by atoms with Crippen molar-refractivity contribution < 1.29 is 33.3 Å². The van der Waals surface area contributed by atoms with Crippen LogP contribution in [-0.2, 0) is 14.2 Å². The van der Waals surface area contributed by atoms with Crippen LogP contribution in [0.15, 0.2) is 60.7 Å². The number of rotatable bonds is 5. The maximum absolute atomic E-state index is 14.2. The first-order valence-corrected chi connectivity index (χ1v) is 8.02. The lowest BCUT2D eigenvalue weighted by molar-refractivity contribution is -0.122. The highest BCUT2D eigenvalue weighted by molar-refractivity contribution is 5.90. The molecule has 1 aliphatic rings. The average molecular weight is 360 g/mol. The fourth-order valence-corrected chi connectivity index (χ4v) is 2.56. The van der Waals surface area contributed by atoms with Crippen LogP contribution in [0.2, 0.25) is 0 Å². The third-order valence-electron chi connectivity index (χ3n) is 3.91. The predicted octanol–water partition coefficient (Wildman–Crippen LogP) is 2.12. The van der Waals surface area contributed by atoms with Gasteiger partial charge < -0.3 is 19.3 Å². The molecule has 0 amide bonds. The second-order valence-corrected chi connectivity index (χ2v) is 5.71. The van der Waals surface area contributed by atoms with E-state index in [-0.39, 0.29) is 12.2 Å². The van der Waals surface area contributed by atoms with Crippen LogP contribution >= 0.6 is 0 Å². The Kier molecular flexibility index (Phi) is 5.60. The van der Waals surface area contributed by atoms with Crippen molar-refractivity contribution >= 4 is 11.9 Å². The molecule has 3 rings (SSSR count). The molecule has 4 atom stereocenters. The van der Waals surface area contributed by atoms with Crippen molar-refractivity contribution in [3.8, 4) is 0 Å². The van der Waals surface area contributed by atoms with Crippen molar-refractivity contribution in [1.82, 2.24) is 0 Å². The summed E-state index contributed by atoms with van der Waals surface area (Å²) in [4.78, 5) is 24.1. The Balaban J connectivity index is 1.63. The zero-order valence-electron chi connectivity index (χ0n) is 13.7. The van der Waals surface area contributed by atoms with Gasteiger partial charge in [0.05, 0.1) is 11.1 Å². The van der Waals surface area contributed by atoms with Crippen LogP contribution in [0.4, 0.5) is 4.39 Å². The Morgan fingerprint density at radius 3 is 2.08 bits per heavy atom. The molecule has 0 spiro atoms. The highest BCUT2D eigenvalue weighted by atomic mass is 19.1. The third kappa shape index (κ3) is 4.07. The van der Waals surface area contributed by atoms with E-state index in [4.69, 9.17) is 14.2 Å². The second kappa shape index (κ2) is 8.07. The molecule has 0 radical (unpaired) electrons. The molecule has 26 heavy (non-hydrogen) atoms. The molecule has 0 aliphatic carbocycles. The molecule has 2 aromatic carbocycles. The van der Waals surface area contributed by atoms with E-state index < -0.39 is 36.6 Å². The number of esters is 2. The molecule has 0 saturated carbocycles. The minimum atomic E-state index is -1.94. The predicted molar refractivity (Wildman–Crippen MR) is 88.1 cm³/mol. The van der Waals surface area contributed by atoms with Gasteiger partial charge in [0, 0.05) is 0 Å². The van der Waals surface area contributed by atoms with Gasteiger partial charge in [0.15, 0.2) is 18.6 Å². The minimum absolute atomic E-state index is 0.237. The number of hydrogen-bond donors (Lipinski definition) is 1. The molecule has 1 aliphatic heterocycles. The van der Waals surface area contributed by atoms with Crippen LogP contribution in [0.5, 0.6) is 0 Å². The summed E-state index contributed by atoms with van der Waals surface area (Å²) in [6.45, 7) is -0.363. The van der Waals surface area contributed by atoms with Crippen LogP contribution in [0.25, 0.3) is 0 Å². The lowest BCUT2D eigenvalue weighted by Crippen LogP contribution is -2.37. The zero-order valence-corrected chi connectivity index (χ0v) is 13.7. The molecule has 7 heteroatoms. The molecular formula is C19H17FO6. The Hall–Kier alpha value is -2.77. The summed E-state index contributed by atoms with van der Waals surface area (Å²) in [6, 6.07) is 16.3. The van der Waals surface area contributed by atoms with Gasteiger partial charge >= 0.3 is 11.9 Å². The van der Waals surface area contributed by atoms with E-state index in [1.165, 1.54) is 12.1 Å². The van der Waals surface area contributed by atoms with E-state index in [2.05, 4.69) is 0 Å². The highest BCUT2D eigenvalue weighted by Crippen LogP contribution is 2.26. The van der Waals surface area contributed by atoms with Gasteiger partial charge in [-0.1, -0.05) is 36.4 Å². The Bertz CT molecular complexity index is 751. The first-order valence-electron chi connectivity index (χ1n) is 8.02. The first-order chi connectivity index (χ1) is 12.6. The van der Waals surface area contributed by atoms with Crippen LogP contribution in [0.3, 0.4) is 0 Å². The van der Waals surface area contributed by atoms with Crippen molar-refractivity contribution in [3.63, 3.8) is 0 Å². The van der Waals surface area contributed by atoms with Crippen LogP contribution in [0, 0.1) is 0 Å². The van der Waals surface area contributed by atoms with Gasteiger partial charge in [0.1, 0.15) is 12.7 Å². The third-order valence-corrected chi connectivity index (χ3v) is 3.91. The maximum Gasteiger partial charge on any atom is 0.338 e. The van der Waals surface area contributed by atoms with Crippen molar-refractivity contribution in [1.29, 1.82) is 0 Å². The number of ether oxygens (including phenoxy) is 3. The number of hydrogen-bond acceptors (Lipinski definition) is 6. The van der Waals surface area contributed by atoms with Gasteiger partial charge in [-0.3, -0.25) is 0 Å². The summed E-state index contributed by atoms with van der Waals surface area (Å²) in [6.07, 6.45) is -6.20. The van der Waals surface area contributed by atoms with E-state index in [9.17, 15) is 19.1 Å². The first kappa shape index (κ1) is 18.0. The largest absolute Gasteiger partial charge is 0.459 e. The number of carbonyl (C=O) groups excluding carboxylic acids is 2. The second-order valence-electron chi connectivity index (χ2n) is 5.71. The summed E-state index contributed by atoms with van der Waals surface area (Å²) in [7, 11) is 0. The average Bonchev–Trinajstić information content (AvgIpc) is 2.95. The van der Waals surface area contributed by atoms with E-state index in [0.29, 0.717) is 5.56 Å². The van der Waals surface area contributed by atoms with Gasteiger partial charge in [0.25, 0.3) is 0 Å². The fraction of sp³-hybridized carbons (Fsp3) is 0.263. The smallest absolute Gasteiger partial charge is 0.338 e. The Morgan fingerprint density at radius 2 is 1.50 bits per heavy atom. The van der Waals surface area contributed by atoms with Crippen molar-refractivity contribution in [2.24, 2.45) is 0 Å². The summed E-state index contributed by atoms with van der Waals surface area (Å²) >= 11 is 0. The monoisotopic (exact) mass is 360 g/mol. The van der Waals surface area contributed by atoms with Gasteiger partial charge in [-0.15, -0.1) is 0 Å². The molecule has 136 valence electrons. The van der Waals surface area contributed by atoms with Gasteiger partial charge in [-0.25, -0.2) is 14.0 Å². The lowest BCUT2D eigenvalue weighted by Gasteiger charge is -2.19. The van der Waals surface area contributed by atoms with E-state index in [0.717, 1.165) is 0 Å². The van der Waals surface area contributed by atoms with Gasteiger partial charge in [-0.2, -0.15) is 0 Å². The topological polar surface area (TPSA) is 82.1 Å². The summed E-state index contributed by atoms with van der Waals surface area (Å²) in [5.41, 5.74) is 0.557. The number of aliphatic hydroxyl groups is 1. The van der Waals surface area contributed by atoms with E-state index >= 15 is 0 Å². The molecule has 0 unspecified atom stereocenters.